The molecule has 100 valence electrons. The lowest BCUT2D eigenvalue weighted by atomic mass is 10.2. The molecule has 0 spiro atoms. The monoisotopic (exact) mass is 257 g/mol. The van der Waals surface area contributed by atoms with Crippen LogP contribution in [0.3, 0.4) is 0 Å². The normalized spacial score (nSPS) is 10.6. The fraction of sp³-hybridized carbons (Fsp3) is 0.462. The molecule has 0 aliphatic rings. The van der Waals surface area contributed by atoms with Crippen molar-refractivity contribution in [2.75, 3.05) is 6.54 Å². The van der Waals surface area contributed by atoms with Gasteiger partial charge in [0.2, 0.25) is 0 Å². The van der Waals surface area contributed by atoms with E-state index in [2.05, 4.69) is 5.32 Å². The zero-order chi connectivity index (χ0) is 13.4. The first-order valence-electron chi connectivity index (χ1n) is 5.96. The van der Waals surface area contributed by atoms with Crippen LogP contribution in [0, 0.1) is 11.6 Å². The molecule has 0 aromatic heterocycles. The van der Waals surface area contributed by atoms with Gasteiger partial charge in [-0.25, -0.2) is 8.78 Å². The third-order valence-corrected chi connectivity index (χ3v) is 2.57. The van der Waals surface area contributed by atoms with Gasteiger partial charge in [-0.05, 0) is 25.5 Å². The summed E-state index contributed by atoms with van der Waals surface area (Å²) in [6.45, 7) is 1.04. The lowest BCUT2D eigenvalue weighted by Crippen LogP contribution is -2.15. The van der Waals surface area contributed by atoms with E-state index >= 15 is 0 Å². The van der Waals surface area contributed by atoms with Gasteiger partial charge in [0, 0.05) is 24.6 Å². The Morgan fingerprint density at radius 2 is 2.00 bits per heavy atom. The van der Waals surface area contributed by atoms with Crippen LogP contribution in [0.15, 0.2) is 18.2 Å². The molecule has 0 saturated carbocycles. The third kappa shape index (κ3) is 5.72. The molecule has 0 bridgehead atoms. The number of nitrogens with one attached hydrogen (secondary N) is 1. The second-order valence-electron chi connectivity index (χ2n) is 4.12. The Bertz CT molecular complexity index is 397. The number of hydrogen-bond acceptors (Lipinski definition) is 2. The molecule has 0 fully saturated rings. The van der Waals surface area contributed by atoms with Crippen molar-refractivity contribution in [1.29, 1.82) is 0 Å². The molecule has 0 amide bonds. The summed E-state index contributed by atoms with van der Waals surface area (Å²) in [5.74, 6) is -1.91. The highest BCUT2D eigenvalue weighted by atomic mass is 19.1. The van der Waals surface area contributed by atoms with Crippen LogP contribution in [-0.4, -0.2) is 17.6 Å². The van der Waals surface area contributed by atoms with E-state index in [1.807, 2.05) is 0 Å². The highest BCUT2D eigenvalue weighted by molar-refractivity contribution is 5.66. The lowest BCUT2D eigenvalue weighted by molar-refractivity contribution is -0.137. The number of carbonyl (C=O) groups is 1. The Hall–Kier alpha value is -1.49. The molecule has 5 heteroatoms. The maximum atomic E-state index is 13.2. The van der Waals surface area contributed by atoms with Gasteiger partial charge in [-0.2, -0.15) is 0 Å². The SMILES string of the molecule is O=C(O)CCCCCNCc1ccc(F)cc1F. The first kappa shape index (κ1) is 14.6. The fourth-order valence-corrected chi connectivity index (χ4v) is 1.59. The van der Waals surface area contributed by atoms with Crippen molar-refractivity contribution in [2.45, 2.75) is 32.2 Å². The Kier molecular flexibility index (Phi) is 6.28. The Morgan fingerprint density at radius 1 is 1.22 bits per heavy atom. The topological polar surface area (TPSA) is 49.3 Å². The van der Waals surface area contributed by atoms with Crippen molar-refractivity contribution in [3.63, 3.8) is 0 Å². The van der Waals surface area contributed by atoms with Crippen LogP contribution in [0.5, 0.6) is 0 Å². The lowest BCUT2D eigenvalue weighted by Gasteiger charge is -2.05. The molecule has 3 nitrogen and oxygen atoms in total. The summed E-state index contributed by atoms with van der Waals surface area (Å²) in [5, 5.41) is 11.5. The largest absolute Gasteiger partial charge is 0.481 e. The van der Waals surface area contributed by atoms with Gasteiger partial charge < -0.3 is 10.4 Å². The summed E-state index contributed by atoms with van der Waals surface area (Å²) in [5.41, 5.74) is 0.432. The average molecular weight is 257 g/mol. The predicted molar refractivity (Wildman–Crippen MR) is 64.2 cm³/mol. The van der Waals surface area contributed by atoms with Gasteiger partial charge in [0.15, 0.2) is 0 Å². The molecule has 0 saturated heterocycles. The second-order valence-corrected chi connectivity index (χ2v) is 4.12. The number of carboxylic acid groups (broad SMARTS) is 1. The highest BCUT2D eigenvalue weighted by Gasteiger charge is 2.02. The van der Waals surface area contributed by atoms with E-state index in [-0.39, 0.29) is 6.42 Å². The summed E-state index contributed by atoms with van der Waals surface area (Å²) >= 11 is 0. The summed E-state index contributed by atoms with van der Waals surface area (Å²) in [6, 6.07) is 3.51. The van der Waals surface area contributed by atoms with Crippen molar-refractivity contribution < 1.29 is 18.7 Å². The molecule has 0 atom stereocenters. The number of rotatable bonds is 8. The van der Waals surface area contributed by atoms with E-state index < -0.39 is 17.6 Å². The highest BCUT2D eigenvalue weighted by Crippen LogP contribution is 2.09. The van der Waals surface area contributed by atoms with Gasteiger partial charge in [0.05, 0.1) is 0 Å². The van der Waals surface area contributed by atoms with Gasteiger partial charge in [0.1, 0.15) is 11.6 Å². The van der Waals surface area contributed by atoms with Crippen LogP contribution in [0.4, 0.5) is 8.78 Å². The molecule has 1 aromatic rings. The van der Waals surface area contributed by atoms with Crippen LogP contribution >= 0.6 is 0 Å². The van der Waals surface area contributed by atoms with Crippen LogP contribution in [0.2, 0.25) is 0 Å². The van der Waals surface area contributed by atoms with Crippen molar-refractivity contribution in [3.8, 4) is 0 Å². The number of carboxylic acids is 1. The average Bonchev–Trinajstić information content (AvgIpc) is 2.30. The van der Waals surface area contributed by atoms with Gasteiger partial charge in [0.25, 0.3) is 0 Å². The third-order valence-electron chi connectivity index (χ3n) is 2.57. The maximum Gasteiger partial charge on any atom is 0.303 e. The van der Waals surface area contributed by atoms with Gasteiger partial charge in [-0.3, -0.25) is 4.79 Å². The molecule has 2 N–H and O–H groups in total. The summed E-state index contributed by atoms with van der Waals surface area (Å²) < 4.78 is 25.9. The van der Waals surface area contributed by atoms with Crippen molar-refractivity contribution >= 4 is 5.97 Å². The zero-order valence-electron chi connectivity index (χ0n) is 10.1. The van der Waals surface area contributed by atoms with E-state index in [1.165, 1.54) is 12.1 Å². The minimum atomic E-state index is -0.781. The molecule has 1 aromatic carbocycles. The maximum absolute atomic E-state index is 13.2. The summed E-state index contributed by atoms with van der Waals surface area (Å²) in [6.07, 6.45) is 2.51. The number of halogens is 2. The van der Waals surface area contributed by atoms with E-state index in [4.69, 9.17) is 5.11 Å². The quantitative estimate of drug-likeness (QED) is 0.704. The van der Waals surface area contributed by atoms with Crippen LogP contribution < -0.4 is 5.32 Å². The smallest absolute Gasteiger partial charge is 0.303 e. The molecule has 0 radical (unpaired) electrons. The summed E-state index contributed by atoms with van der Waals surface area (Å²) in [4.78, 5) is 10.3. The van der Waals surface area contributed by atoms with Crippen LogP contribution in [0.1, 0.15) is 31.2 Å². The van der Waals surface area contributed by atoms with Crippen molar-refractivity contribution in [2.24, 2.45) is 0 Å². The van der Waals surface area contributed by atoms with Gasteiger partial charge in [-0.15, -0.1) is 0 Å². The molecule has 0 heterocycles. The van der Waals surface area contributed by atoms with Crippen LogP contribution in [0.25, 0.3) is 0 Å². The Balaban J connectivity index is 2.12. The number of hydrogen-bond donors (Lipinski definition) is 2. The second kappa shape index (κ2) is 7.76. The minimum Gasteiger partial charge on any atom is -0.481 e. The molecule has 0 unspecified atom stereocenters. The van der Waals surface area contributed by atoms with Crippen molar-refractivity contribution in [1.82, 2.24) is 5.32 Å². The van der Waals surface area contributed by atoms with E-state index in [9.17, 15) is 13.6 Å². The van der Waals surface area contributed by atoms with Crippen LogP contribution in [-0.2, 0) is 11.3 Å². The fourth-order valence-electron chi connectivity index (χ4n) is 1.59. The Morgan fingerprint density at radius 3 is 2.67 bits per heavy atom. The summed E-state index contributed by atoms with van der Waals surface area (Å²) in [7, 11) is 0. The minimum absolute atomic E-state index is 0.187. The first-order valence-corrected chi connectivity index (χ1v) is 5.96. The Labute approximate surface area is 105 Å². The van der Waals surface area contributed by atoms with E-state index in [1.54, 1.807) is 0 Å². The predicted octanol–water partition coefficient (Wildman–Crippen LogP) is 2.70. The number of unbranched alkanes of at least 4 members (excludes halogenated alkanes) is 2. The molecule has 0 aliphatic heterocycles. The van der Waals surface area contributed by atoms with Gasteiger partial charge in [-0.1, -0.05) is 12.5 Å². The first-order chi connectivity index (χ1) is 8.59. The standard InChI is InChI=1S/C13H17F2NO2/c14-11-6-5-10(12(15)8-11)9-16-7-3-1-2-4-13(17)18/h5-6,8,16H,1-4,7,9H2,(H,17,18). The van der Waals surface area contributed by atoms with E-state index in [0.29, 0.717) is 25.1 Å². The molecule has 18 heavy (non-hydrogen) atoms. The molecule has 1 rings (SSSR count). The van der Waals surface area contributed by atoms with Gasteiger partial charge >= 0.3 is 5.97 Å². The molecular formula is C13H17F2NO2. The van der Waals surface area contributed by atoms with E-state index in [0.717, 1.165) is 18.9 Å². The number of aliphatic carboxylic acids is 1. The molecule has 0 aliphatic carbocycles. The number of benzene rings is 1. The van der Waals surface area contributed by atoms with Crippen molar-refractivity contribution in [3.05, 3.63) is 35.4 Å². The molecular weight excluding hydrogens is 240 g/mol. The zero-order valence-corrected chi connectivity index (χ0v) is 10.1.